The lowest BCUT2D eigenvalue weighted by atomic mass is 9.90. The Kier molecular flexibility index (Phi) is 4.23. The summed E-state index contributed by atoms with van der Waals surface area (Å²) < 4.78 is 0. The molecular weight excluding hydrogens is 204 g/mol. The number of benzene rings is 1. The number of rotatable bonds is 3. The molecule has 1 aromatic carbocycles. The van der Waals surface area contributed by atoms with Crippen LogP contribution in [0.2, 0.25) is 0 Å². The maximum atomic E-state index is 9.92. The largest absolute Gasteiger partial charge is 0.392 e. The monoisotopic (exact) mass is 224 g/mol. The van der Waals surface area contributed by atoms with Gasteiger partial charge in [0.1, 0.15) is 0 Å². The predicted molar refractivity (Wildman–Crippen MR) is 67.4 cm³/mol. The molecule has 2 heteroatoms. The highest BCUT2D eigenvalue weighted by Gasteiger charge is 2.21. The van der Waals surface area contributed by atoms with E-state index in [9.17, 15) is 5.11 Å². The van der Waals surface area contributed by atoms with E-state index in [4.69, 9.17) is 0 Å². The number of aryl methyl sites for hydroxylation is 1. The molecule has 1 rings (SSSR count). The van der Waals surface area contributed by atoms with Crippen LogP contribution in [0.25, 0.3) is 0 Å². The summed E-state index contributed by atoms with van der Waals surface area (Å²) in [6.07, 6.45) is -0.262. The molecule has 0 spiro atoms. The molecule has 0 fully saturated rings. The second-order valence-corrected chi connectivity index (χ2v) is 6.02. The van der Waals surface area contributed by atoms with Gasteiger partial charge in [0.25, 0.3) is 0 Å². The van der Waals surface area contributed by atoms with Crippen molar-refractivity contribution in [1.29, 1.82) is 0 Å². The van der Waals surface area contributed by atoms with Crippen molar-refractivity contribution < 1.29 is 5.11 Å². The quantitative estimate of drug-likeness (QED) is 0.793. The number of hydrogen-bond donors (Lipinski definition) is 1. The summed E-state index contributed by atoms with van der Waals surface area (Å²) in [7, 11) is 0. The van der Waals surface area contributed by atoms with E-state index < -0.39 is 0 Å². The second-order valence-electron chi connectivity index (χ2n) is 4.96. The summed E-state index contributed by atoms with van der Waals surface area (Å²) in [6, 6.07) is 8.29. The van der Waals surface area contributed by atoms with E-state index >= 15 is 0 Å². The van der Waals surface area contributed by atoms with Crippen molar-refractivity contribution in [3.8, 4) is 0 Å². The lowest BCUT2D eigenvalue weighted by molar-refractivity contribution is 0.0843. The van der Waals surface area contributed by atoms with Gasteiger partial charge in [0.05, 0.1) is 6.10 Å². The van der Waals surface area contributed by atoms with Crippen LogP contribution in [0, 0.1) is 12.3 Å². The first-order valence-corrected chi connectivity index (χ1v) is 6.26. The number of hydrogen-bond acceptors (Lipinski definition) is 2. The van der Waals surface area contributed by atoms with Crippen LogP contribution in [0.5, 0.6) is 0 Å². The Hall–Kier alpha value is -0.470. The van der Waals surface area contributed by atoms with Crippen LogP contribution >= 0.6 is 11.8 Å². The van der Waals surface area contributed by atoms with Gasteiger partial charge in [-0.15, -0.1) is 11.8 Å². The summed E-state index contributed by atoms with van der Waals surface area (Å²) in [5.41, 5.74) is 1.25. The van der Waals surface area contributed by atoms with E-state index in [-0.39, 0.29) is 11.5 Å². The van der Waals surface area contributed by atoms with Gasteiger partial charge in [-0.05, 0) is 24.0 Å². The van der Waals surface area contributed by atoms with Crippen LogP contribution in [-0.4, -0.2) is 17.0 Å². The van der Waals surface area contributed by atoms with E-state index in [1.54, 1.807) is 11.8 Å². The highest BCUT2D eigenvalue weighted by atomic mass is 32.2. The van der Waals surface area contributed by atoms with Crippen LogP contribution in [0.4, 0.5) is 0 Å². The third kappa shape index (κ3) is 3.88. The van der Waals surface area contributed by atoms with Gasteiger partial charge in [0.2, 0.25) is 0 Å². The van der Waals surface area contributed by atoms with Crippen LogP contribution < -0.4 is 0 Å². The van der Waals surface area contributed by atoms with Crippen molar-refractivity contribution in [2.24, 2.45) is 5.41 Å². The molecule has 0 aromatic heterocycles. The van der Waals surface area contributed by atoms with Crippen LogP contribution in [0.1, 0.15) is 26.3 Å². The molecule has 0 heterocycles. The molecule has 1 aromatic rings. The molecule has 0 saturated heterocycles. The number of aliphatic hydroxyl groups excluding tert-OH is 1. The first-order valence-electron chi connectivity index (χ1n) is 5.28. The van der Waals surface area contributed by atoms with Crippen molar-refractivity contribution in [3.63, 3.8) is 0 Å². The van der Waals surface area contributed by atoms with Crippen molar-refractivity contribution in [2.75, 3.05) is 5.75 Å². The fourth-order valence-electron chi connectivity index (χ4n) is 1.14. The second kappa shape index (κ2) is 5.04. The lowest BCUT2D eigenvalue weighted by Crippen LogP contribution is -2.28. The Labute approximate surface area is 96.9 Å². The molecule has 0 aliphatic heterocycles. The average Bonchev–Trinajstić information content (AvgIpc) is 2.14. The fraction of sp³-hybridized carbons (Fsp3) is 0.538. The third-order valence-corrected chi connectivity index (χ3v) is 3.74. The van der Waals surface area contributed by atoms with E-state index in [1.807, 2.05) is 12.1 Å². The van der Waals surface area contributed by atoms with E-state index in [0.717, 1.165) is 5.75 Å². The zero-order valence-electron chi connectivity index (χ0n) is 9.95. The van der Waals surface area contributed by atoms with Gasteiger partial charge in [-0.1, -0.05) is 39.0 Å². The molecule has 0 saturated carbocycles. The highest BCUT2D eigenvalue weighted by Crippen LogP contribution is 2.27. The van der Waals surface area contributed by atoms with Crippen molar-refractivity contribution >= 4 is 11.8 Å². The van der Waals surface area contributed by atoms with Gasteiger partial charge in [0, 0.05) is 10.6 Å². The minimum atomic E-state index is -0.262. The summed E-state index contributed by atoms with van der Waals surface area (Å²) in [4.78, 5) is 1.26. The minimum Gasteiger partial charge on any atom is -0.392 e. The first-order chi connectivity index (χ1) is 6.91. The molecule has 0 aliphatic carbocycles. The molecule has 1 atom stereocenters. The van der Waals surface area contributed by atoms with Crippen molar-refractivity contribution in [2.45, 2.75) is 38.7 Å². The van der Waals surface area contributed by atoms with Crippen molar-refractivity contribution in [1.82, 2.24) is 0 Å². The lowest BCUT2D eigenvalue weighted by Gasteiger charge is -2.25. The standard InChI is InChI=1S/C13H20OS/c1-10-7-5-6-8-11(10)15-9-12(14)13(2,3)4/h5-8,12,14H,9H2,1-4H3. The van der Waals surface area contributed by atoms with Gasteiger partial charge in [-0.25, -0.2) is 0 Å². The minimum absolute atomic E-state index is 0.0321. The molecule has 84 valence electrons. The summed E-state index contributed by atoms with van der Waals surface area (Å²) in [6.45, 7) is 8.30. The Balaban J connectivity index is 2.55. The Morgan fingerprint density at radius 3 is 2.40 bits per heavy atom. The van der Waals surface area contributed by atoms with Gasteiger partial charge < -0.3 is 5.11 Å². The van der Waals surface area contributed by atoms with Crippen LogP contribution in [-0.2, 0) is 0 Å². The number of aliphatic hydroxyl groups is 1. The molecule has 0 radical (unpaired) electrons. The smallest absolute Gasteiger partial charge is 0.0682 e. The predicted octanol–water partition coefficient (Wildman–Crippen LogP) is 3.49. The maximum absolute atomic E-state index is 9.92. The third-order valence-electron chi connectivity index (χ3n) is 2.49. The van der Waals surface area contributed by atoms with Gasteiger partial charge in [-0.2, -0.15) is 0 Å². The first kappa shape index (κ1) is 12.6. The van der Waals surface area contributed by atoms with Gasteiger partial charge in [-0.3, -0.25) is 0 Å². The van der Waals surface area contributed by atoms with E-state index in [2.05, 4.69) is 39.8 Å². The van der Waals surface area contributed by atoms with Gasteiger partial charge >= 0.3 is 0 Å². The van der Waals surface area contributed by atoms with E-state index in [1.165, 1.54) is 10.5 Å². The zero-order valence-corrected chi connectivity index (χ0v) is 10.8. The Bertz CT molecular complexity index is 315. The number of thioether (sulfide) groups is 1. The summed E-state index contributed by atoms with van der Waals surface area (Å²) in [5.74, 6) is 0.758. The van der Waals surface area contributed by atoms with Gasteiger partial charge in [0.15, 0.2) is 0 Å². The molecule has 1 nitrogen and oxygen atoms in total. The Morgan fingerprint density at radius 2 is 1.87 bits per heavy atom. The average molecular weight is 224 g/mol. The molecule has 1 unspecified atom stereocenters. The van der Waals surface area contributed by atoms with E-state index in [0.29, 0.717) is 0 Å². The SMILES string of the molecule is Cc1ccccc1SCC(O)C(C)(C)C. The topological polar surface area (TPSA) is 20.2 Å². The van der Waals surface area contributed by atoms with Crippen molar-refractivity contribution in [3.05, 3.63) is 29.8 Å². The Morgan fingerprint density at radius 1 is 1.27 bits per heavy atom. The van der Waals surface area contributed by atoms with Crippen LogP contribution in [0.3, 0.4) is 0 Å². The molecular formula is C13H20OS. The molecule has 0 bridgehead atoms. The summed E-state index contributed by atoms with van der Waals surface area (Å²) >= 11 is 1.73. The van der Waals surface area contributed by atoms with Crippen LogP contribution in [0.15, 0.2) is 29.2 Å². The normalized spacial score (nSPS) is 13.9. The molecule has 15 heavy (non-hydrogen) atoms. The molecule has 0 amide bonds. The molecule has 1 N–H and O–H groups in total. The zero-order chi connectivity index (χ0) is 11.5. The molecule has 0 aliphatic rings. The fourth-order valence-corrected chi connectivity index (χ4v) is 2.45. The summed E-state index contributed by atoms with van der Waals surface area (Å²) in [5, 5.41) is 9.92. The maximum Gasteiger partial charge on any atom is 0.0682 e. The highest BCUT2D eigenvalue weighted by molar-refractivity contribution is 7.99.